The summed E-state index contributed by atoms with van der Waals surface area (Å²) in [7, 11) is 1.66. The predicted molar refractivity (Wildman–Crippen MR) is 73.9 cm³/mol. The summed E-state index contributed by atoms with van der Waals surface area (Å²) in [5.74, 6) is 0.0385. The molecule has 0 spiro atoms. The van der Waals surface area contributed by atoms with Gasteiger partial charge in [-0.25, -0.2) is 0 Å². The first-order valence-electron chi connectivity index (χ1n) is 6.53. The normalized spacial score (nSPS) is 19.2. The van der Waals surface area contributed by atoms with Gasteiger partial charge in [-0.05, 0) is 25.0 Å². The fourth-order valence-electron chi connectivity index (χ4n) is 2.42. The number of carboxylic acid groups (broad SMARTS) is 1. The van der Waals surface area contributed by atoms with Crippen LogP contribution in [0, 0.1) is 0 Å². The highest BCUT2D eigenvalue weighted by Gasteiger charge is 2.20. The first-order valence-corrected chi connectivity index (χ1v) is 6.53. The SMILES string of the molecule is COc1cccc(N2CCCC(NCC(=O)O)C2)c1. The number of methoxy groups -OCH3 is 1. The molecule has 0 aliphatic carbocycles. The molecule has 1 heterocycles. The van der Waals surface area contributed by atoms with Crippen LogP contribution >= 0.6 is 0 Å². The Labute approximate surface area is 113 Å². The number of carbonyl (C=O) groups is 1. The van der Waals surface area contributed by atoms with Crippen molar-refractivity contribution < 1.29 is 14.6 Å². The van der Waals surface area contributed by atoms with E-state index in [-0.39, 0.29) is 12.6 Å². The molecule has 5 nitrogen and oxygen atoms in total. The number of benzene rings is 1. The summed E-state index contributed by atoms with van der Waals surface area (Å²) in [6.45, 7) is 1.86. The van der Waals surface area contributed by atoms with Crippen LogP contribution in [0.2, 0.25) is 0 Å². The minimum absolute atomic E-state index is 0.0244. The smallest absolute Gasteiger partial charge is 0.317 e. The summed E-state index contributed by atoms with van der Waals surface area (Å²) in [6.07, 6.45) is 2.09. The molecule has 1 aromatic rings. The van der Waals surface area contributed by atoms with Gasteiger partial charge in [0, 0.05) is 30.9 Å². The van der Waals surface area contributed by atoms with E-state index in [1.165, 1.54) is 0 Å². The van der Waals surface area contributed by atoms with Crippen LogP contribution in [0.4, 0.5) is 5.69 Å². The first kappa shape index (κ1) is 13.7. The van der Waals surface area contributed by atoms with Gasteiger partial charge in [0.25, 0.3) is 0 Å². The standard InChI is InChI=1S/C14H20N2O3/c1-19-13-6-2-5-12(8-13)16-7-3-4-11(10-16)15-9-14(17)18/h2,5-6,8,11,15H,3-4,7,9-10H2,1H3,(H,17,18). The molecule has 1 aliphatic heterocycles. The van der Waals surface area contributed by atoms with E-state index >= 15 is 0 Å². The third-order valence-corrected chi connectivity index (χ3v) is 3.38. The summed E-state index contributed by atoms with van der Waals surface area (Å²) in [5.41, 5.74) is 1.13. The zero-order chi connectivity index (χ0) is 13.7. The molecule has 1 aromatic carbocycles. The molecular formula is C14H20N2O3. The molecule has 1 saturated heterocycles. The molecular weight excluding hydrogens is 244 g/mol. The highest BCUT2D eigenvalue weighted by Crippen LogP contribution is 2.24. The second kappa shape index (κ2) is 6.43. The van der Waals surface area contributed by atoms with Crippen molar-refractivity contribution in [3.8, 4) is 5.75 Å². The predicted octanol–water partition coefficient (Wildman–Crippen LogP) is 1.34. The number of hydrogen-bond donors (Lipinski definition) is 2. The van der Waals surface area contributed by atoms with Gasteiger partial charge in [-0.1, -0.05) is 6.07 Å². The average molecular weight is 264 g/mol. The second-order valence-electron chi connectivity index (χ2n) is 4.76. The van der Waals surface area contributed by atoms with Crippen LogP contribution in [-0.2, 0) is 4.79 Å². The number of ether oxygens (including phenoxy) is 1. The molecule has 2 N–H and O–H groups in total. The van der Waals surface area contributed by atoms with Crippen molar-refractivity contribution in [1.82, 2.24) is 5.32 Å². The number of nitrogens with zero attached hydrogens (tertiary/aromatic N) is 1. The lowest BCUT2D eigenvalue weighted by molar-refractivity contribution is -0.136. The molecule has 1 atom stereocenters. The van der Waals surface area contributed by atoms with Crippen LogP contribution in [-0.4, -0.2) is 43.9 Å². The molecule has 2 rings (SSSR count). The Morgan fingerprint density at radius 2 is 2.42 bits per heavy atom. The van der Waals surface area contributed by atoms with Gasteiger partial charge in [-0.15, -0.1) is 0 Å². The Morgan fingerprint density at radius 1 is 1.58 bits per heavy atom. The van der Waals surface area contributed by atoms with E-state index < -0.39 is 5.97 Å². The van der Waals surface area contributed by atoms with E-state index in [2.05, 4.69) is 16.3 Å². The second-order valence-corrected chi connectivity index (χ2v) is 4.76. The maximum Gasteiger partial charge on any atom is 0.317 e. The number of carboxylic acids is 1. The quantitative estimate of drug-likeness (QED) is 0.840. The Bertz CT molecular complexity index is 436. The third-order valence-electron chi connectivity index (χ3n) is 3.38. The Hall–Kier alpha value is -1.75. The van der Waals surface area contributed by atoms with E-state index in [0.29, 0.717) is 0 Å². The molecule has 1 unspecified atom stereocenters. The number of nitrogens with one attached hydrogen (secondary N) is 1. The lowest BCUT2D eigenvalue weighted by atomic mass is 10.0. The van der Waals surface area contributed by atoms with Crippen LogP contribution in [0.5, 0.6) is 5.75 Å². The average Bonchev–Trinajstić information content (AvgIpc) is 2.45. The van der Waals surface area contributed by atoms with Crippen molar-refractivity contribution in [1.29, 1.82) is 0 Å². The van der Waals surface area contributed by atoms with Gasteiger partial charge >= 0.3 is 5.97 Å². The summed E-state index contributed by atoms with van der Waals surface area (Å²) in [4.78, 5) is 12.9. The zero-order valence-electron chi connectivity index (χ0n) is 11.1. The topological polar surface area (TPSA) is 61.8 Å². The monoisotopic (exact) mass is 264 g/mol. The van der Waals surface area contributed by atoms with Crippen molar-refractivity contribution in [2.24, 2.45) is 0 Å². The minimum Gasteiger partial charge on any atom is -0.497 e. The Kier molecular flexibility index (Phi) is 4.63. The Morgan fingerprint density at radius 3 is 3.16 bits per heavy atom. The van der Waals surface area contributed by atoms with Crippen molar-refractivity contribution in [2.45, 2.75) is 18.9 Å². The summed E-state index contributed by atoms with van der Waals surface area (Å²) >= 11 is 0. The van der Waals surface area contributed by atoms with E-state index in [1.54, 1.807) is 7.11 Å². The van der Waals surface area contributed by atoms with Crippen LogP contribution in [0.15, 0.2) is 24.3 Å². The van der Waals surface area contributed by atoms with E-state index in [4.69, 9.17) is 9.84 Å². The van der Waals surface area contributed by atoms with Gasteiger partial charge in [0.05, 0.1) is 13.7 Å². The number of piperidine rings is 1. The lowest BCUT2D eigenvalue weighted by Crippen LogP contribution is -2.47. The number of hydrogen-bond acceptors (Lipinski definition) is 4. The first-order chi connectivity index (χ1) is 9.19. The Balaban J connectivity index is 1.97. The number of aliphatic carboxylic acids is 1. The van der Waals surface area contributed by atoms with Crippen molar-refractivity contribution in [3.05, 3.63) is 24.3 Å². The van der Waals surface area contributed by atoms with Gasteiger partial charge in [0.2, 0.25) is 0 Å². The van der Waals surface area contributed by atoms with E-state index in [0.717, 1.165) is 37.4 Å². The molecule has 104 valence electrons. The van der Waals surface area contributed by atoms with Crippen molar-refractivity contribution >= 4 is 11.7 Å². The van der Waals surface area contributed by atoms with Gasteiger partial charge < -0.3 is 20.1 Å². The highest BCUT2D eigenvalue weighted by molar-refractivity contribution is 5.69. The molecule has 0 amide bonds. The zero-order valence-corrected chi connectivity index (χ0v) is 11.1. The molecule has 0 radical (unpaired) electrons. The third kappa shape index (κ3) is 3.86. The van der Waals surface area contributed by atoms with Crippen molar-refractivity contribution in [2.75, 3.05) is 31.6 Å². The van der Waals surface area contributed by atoms with Crippen LogP contribution in [0.3, 0.4) is 0 Å². The number of anilines is 1. The molecule has 0 bridgehead atoms. The molecule has 1 aliphatic rings. The fourth-order valence-corrected chi connectivity index (χ4v) is 2.42. The maximum absolute atomic E-state index is 10.6. The summed E-state index contributed by atoms with van der Waals surface area (Å²) in [5, 5.41) is 11.8. The molecule has 19 heavy (non-hydrogen) atoms. The van der Waals surface area contributed by atoms with Gasteiger partial charge in [-0.3, -0.25) is 4.79 Å². The van der Waals surface area contributed by atoms with E-state index in [1.807, 2.05) is 18.2 Å². The molecule has 1 fully saturated rings. The molecule has 5 heteroatoms. The van der Waals surface area contributed by atoms with Gasteiger partial charge in [0.1, 0.15) is 5.75 Å². The van der Waals surface area contributed by atoms with Gasteiger partial charge in [-0.2, -0.15) is 0 Å². The highest BCUT2D eigenvalue weighted by atomic mass is 16.5. The lowest BCUT2D eigenvalue weighted by Gasteiger charge is -2.34. The fraction of sp³-hybridized carbons (Fsp3) is 0.500. The summed E-state index contributed by atoms with van der Waals surface area (Å²) in [6, 6.07) is 8.20. The van der Waals surface area contributed by atoms with Crippen molar-refractivity contribution in [3.63, 3.8) is 0 Å². The molecule has 0 saturated carbocycles. The maximum atomic E-state index is 10.6. The van der Waals surface area contributed by atoms with Crippen LogP contribution in [0.25, 0.3) is 0 Å². The largest absolute Gasteiger partial charge is 0.497 e. The molecule has 0 aromatic heterocycles. The number of rotatable bonds is 5. The summed E-state index contributed by atoms with van der Waals surface area (Å²) < 4.78 is 5.23. The van der Waals surface area contributed by atoms with Gasteiger partial charge in [0.15, 0.2) is 0 Å². The van der Waals surface area contributed by atoms with E-state index in [9.17, 15) is 4.79 Å². The van der Waals surface area contributed by atoms with Crippen LogP contribution in [0.1, 0.15) is 12.8 Å². The minimum atomic E-state index is -0.807. The van der Waals surface area contributed by atoms with Crippen LogP contribution < -0.4 is 15.0 Å².